The van der Waals surface area contributed by atoms with Crippen molar-refractivity contribution in [1.82, 2.24) is 4.90 Å². The summed E-state index contributed by atoms with van der Waals surface area (Å²) in [7, 11) is -4.41. The Morgan fingerprint density at radius 1 is 1.03 bits per heavy atom. The molecular weight excluding hydrogens is 516 g/mol. The van der Waals surface area contributed by atoms with Crippen LogP contribution in [0.1, 0.15) is 82.6 Å². The van der Waals surface area contributed by atoms with Crippen LogP contribution in [0.2, 0.25) is 0 Å². The number of nitrogens with zero attached hydrogens (tertiary/aromatic N) is 2. The minimum absolute atomic E-state index is 0.0149. The molecule has 1 aliphatic rings. The highest BCUT2D eigenvalue weighted by molar-refractivity contribution is 7.87. The van der Waals surface area contributed by atoms with Crippen LogP contribution in [-0.2, 0) is 26.2 Å². The molecule has 0 saturated heterocycles. The molecule has 2 aromatic carbocycles. The number of hydrogen-bond acceptors (Lipinski definition) is 7. The number of ether oxygens (including phenoxy) is 1. The zero-order valence-electron chi connectivity index (χ0n) is 23.8. The van der Waals surface area contributed by atoms with Crippen molar-refractivity contribution in [3.8, 4) is 5.75 Å². The highest BCUT2D eigenvalue weighted by Crippen LogP contribution is 2.33. The van der Waals surface area contributed by atoms with Crippen molar-refractivity contribution in [2.45, 2.75) is 84.2 Å². The molecule has 0 spiro atoms. The quantitative estimate of drug-likeness (QED) is 0.164. The van der Waals surface area contributed by atoms with Gasteiger partial charge in [-0.3, -0.25) is 4.79 Å². The fourth-order valence-electron chi connectivity index (χ4n) is 4.53. The first-order valence-electron chi connectivity index (χ1n) is 14.0. The first-order chi connectivity index (χ1) is 18.6. The van der Waals surface area contributed by atoms with Gasteiger partial charge in [-0.25, -0.2) is 4.79 Å². The second-order valence-corrected chi connectivity index (χ2v) is 11.7. The maximum Gasteiger partial charge on any atom is 0.340 e. The van der Waals surface area contributed by atoms with E-state index in [9.17, 15) is 18.0 Å². The van der Waals surface area contributed by atoms with Crippen molar-refractivity contribution >= 4 is 27.7 Å². The van der Waals surface area contributed by atoms with E-state index in [0.717, 1.165) is 44.5 Å². The number of hydrogen-bond donors (Lipinski definition) is 0. The number of amides is 1. The number of anilines is 1. The number of benzene rings is 2. The highest BCUT2D eigenvalue weighted by atomic mass is 32.2. The first-order valence-corrected chi connectivity index (χ1v) is 15.4. The average molecular weight is 559 g/mol. The zero-order chi connectivity index (χ0) is 28.6. The van der Waals surface area contributed by atoms with Gasteiger partial charge in [0.15, 0.2) is 0 Å². The smallest absolute Gasteiger partial charge is 0.340 e. The fraction of sp³-hybridized carbons (Fsp3) is 0.533. The Balaban J connectivity index is 2.00. The van der Waals surface area contributed by atoms with Gasteiger partial charge in [0, 0.05) is 48.9 Å². The van der Waals surface area contributed by atoms with E-state index in [0.29, 0.717) is 12.0 Å². The minimum atomic E-state index is -4.41. The van der Waals surface area contributed by atoms with Gasteiger partial charge in [-0.2, -0.15) is 8.42 Å². The van der Waals surface area contributed by atoms with Crippen molar-refractivity contribution in [3.05, 3.63) is 53.6 Å². The Labute approximate surface area is 233 Å². The molecule has 0 heterocycles. The molecular formula is C30H42N2O6S. The standard InChI is InChI=1S/C30H42N2O6S/c1-6-9-19-37-30(34)26-15-10-11-16-28(26)39(35,36)38-27-20-25(31(7-2)8-3)18-17-24(27)21-32(22(4)5)29(33)23-13-12-14-23/h10-11,15-18,20,22-23H,6-9,12-14,19,21H2,1-5H3. The average Bonchev–Trinajstić information content (AvgIpc) is 2.87. The lowest BCUT2D eigenvalue weighted by molar-refractivity contribution is -0.140. The molecule has 0 aromatic heterocycles. The molecule has 214 valence electrons. The molecule has 1 aliphatic carbocycles. The van der Waals surface area contributed by atoms with Crippen molar-refractivity contribution in [2.75, 3.05) is 24.6 Å². The second kappa shape index (κ2) is 13.8. The van der Waals surface area contributed by atoms with E-state index in [4.69, 9.17) is 8.92 Å². The molecule has 0 unspecified atom stereocenters. The summed E-state index contributed by atoms with van der Waals surface area (Å²) in [5.74, 6) is -0.472. The lowest BCUT2D eigenvalue weighted by Crippen LogP contribution is -2.42. The van der Waals surface area contributed by atoms with Gasteiger partial charge in [-0.1, -0.05) is 38.0 Å². The van der Waals surface area contributed by atoms with Crippen LogP contribution in [0.4, 0.5) is 5.69 Å². The van der Waals surface area contributed by atoms with Crippen LogP contribution in [0.3, 0.4) is 0 Å². The van der Waals surface area contributed by atoms with E-state index in [1.807, 2.05) is 46.8 Å². The molecule has 8 nitrogen and oxygen atoms in total. The lowest BCUT2D eigenvalue weighted by atomic mass is 9.84. The summed E-state index contributed by atoms with van der Waals surface area (Å²) in [5, 5.41) is 0. The summed E-state index contributed by atoms with van der Waals surface area (Å²) < 4.78 is 38.3. The van der Waals surface area contributed by atoms with Crippen molar-refractivity contribution in [3.63, 3.8) is 0 Å². The Kier molecular flexibility index (Phi) is 10.8. The number of unbranched alkanes of at least 4 members (excludes halogenated alkanes) is 1. The predicted octanol–water partition coefficient (Wildman–Crippen LogP) is 5.79. The third-order valence-corrected chi connectivity index (χ3v) is 8.48. The molecule has 0 aliphatic heterocycles. The molecule has 1 saturated carbocycles. The maximum absolute atomic E-state index is 13.6. The van der Waals surface area contributed by atoms with Gasteiger partial charge in [0.05, 0.1) is 12.2 Å². The normalized spacial score (nSPS) is 13.6. The van der Waals surface area contributed by atoms with Crippen LogP contribution in [0.15, 0.2) is 47.4 Å². The van der Waals surface area contributed by atoms with Gasteiger partial charge >= 0.3 is 16.1 Å². The maximum atomic E-state index is 13.6. The largest absolute Gasteiger partial charge is 0.462 e. The predicted molar refractivity (Wildman–Crippen MR) is 152 cm³/mol. The van der Waals surface area contributed by atoms with Gasteiger partial charge in [-0.05, 0) is 65.2 Å². The molecule has 39 heavy (non-hydrogen) atoms. The number of carbonyl (C=O) groups excluding carboxylic acids is 2. The van der Waals surface area contributed by atoms with Crippen molar-refractivity contribution in [1.29, 1.82) is 0 Å². The number of carbonyl (C=O) groups is 2. The van der Waals surface area contributed by atoms with Gasteiger partial charge in [-0.15, -0.1) is 0 Å². The van der Waals surface area contributed by atoms with Gasteiger partial charge in [0.2, 0.25) is 5.91 Å². The molecule has 2 aromatic rings. The van der Waals surface area contributed by atoms with Crippen molar-refractivity contribution < 1.29 is 26.9 Å². The summed E-state index contributed by atoms with van der Waals surface area (Å²) >= 11 is 0. The van der Waals surface area contributed by atoms with Gasteiger partial charge < -0.3 is 18.7 Å². The van der Waals surface area contributed by atoms with Crippen LogP contribution in [0.25, 0.3) is 0 Å². The van der Waals surface area contributed by atoms with Gasteiger partial charge in [0.1, 0.15) is 10.6 Å². The minimum Gasteiger partial charge on any atom is -0.462 e. The summed E-state index contributed by atoms with van der Waals surface area (Å²) in [4.78, 5) is 29.5. The fourth-order valence-corrected chi connectivity index (χ4v) is 5.68. The third kappa shape index (κ3) is 7.53. The highest BCUT2D eigenvalue weighted by Gasteiger charge is 2.32. The first kappa shape index (κ1) is 30.5. The van der Waals surface area contributed by atoms with E-state index in [1.54, 1.807) is 23.1 Å². The van der Waals surface area contributed by atoms with E-state index in [-0.39, 0.29) is 47.2 Å². The van der Waals surface area contributed by atoms with Crippen LogP contribution < -0.4 is 9.08 Å². The van der Waals surface area contributed by atoms with Crippen LogP contribution in [-0.4, -0.2) is 50.9 Å². The van der Waals surface area contributed by atoms with E-state index >= 15 is 0 Å². The Morgan fingerprint density at radius 2 is 1.72 bits per heavy atom. The zero-order valence-corrected chi connectivity index (χ0v) is 24.6. The summed E-state index contributed by atoms with van der Waals surface area (Å²) in [5.41, 5.74) is 1.32. The Bertz CT molecular complexity index is 1240. The molecule has 9 heteroatoms. The Morgan fingerprint density at radius 3 is 2.31 bits per heavy atom. The number of rotatable bonds is 14. The van der Waals surface area contributed by atoms with Crippen molar-refractivity contribution in [2.24, 2.45) is 5.92 Å². The topological polar surface area (TPSA) is 93.2 Å². The molecule has 1 amide bonds. The summed E-state index contributed by atoms with van der Waals surface area (Å²) in [6.07, 6.45) is 4.34. The lowest BCUT2D eigenvalue weighted by Gasteiger charge is -2.34. The summed E-state index contributed by atoms with van der Waals surface area (Å²) in [6, 6.07) is 11.3. The summed E-state index contributed by atoms with van der Waals surface area (Å²) in [6.45, 7) is 11.8. The van der Waals surface area contributed by atoms with Crippen LogP contribution in [0, 0.1) is 5.92 Å². The van der Waals surface area contributed by atoms with E-state index in [2.05, 4.69) is 4.90 Å². The van der Waals surface area contributed by atoms with Crippen LogP contribution in [0.5, 0.6) is 5.75 Å². The third-order valence-electron chi connectivity index (χ3n) is 7.19. The molecule has 0 N–H and O–H groups in total. The molecule has 1 fully saturated rings. The van der Waals surface area contributed by atoms with E-state index < -0.39 is 16.1 Å². The molecule has 0 bridgehead atoms. The molecule has 0 atom stereocenters. The molecule has 3 rings (SSSR count). The Hall–Kier alpha value is -3.07. The van der Waals surface area contributed by atoms with E-state index in [1.165, 1.54) is 12.1 Å². The second-order valence-electron chi connectivity index (χ2n) is 10.2. The number of esters is 1. The monoisotopic (exact) mass is 558 g/mol. The molecule has 0 radical (unpaired) electrons. The van der Waals surface area contributed by atoms with Gasteiger partial charge in [0.25, 0.3) is 0 Å². The van der Waals surface area contributed by atoms with Crippen LogP contribution >= 0.6 is 0 Å². The SMILES string of the molecule is CCCCOC(=O)c1ccccc1S(=O)(=O)Oc1cc(N(CC)CC)ccc1CN(C(=O)C1CCC1)C(C)C.